The van der Waals surface area contributed by atoms with Crippen LogP contribution >= 0.6 is 0 Å². The van der Waals surface area contributed by atoms with Crippen LogP contribution in [0.2, 0.25) is 0 Å². The van der Waals surface area contributed by atoms with Crippen LogP contribution in [-0.4, -0.2) is 54.1 Å². The van der Waals surface area contributed by atoms with Crippen molar-refractivity contribution in [1.82, 2.24) is 20.2 Å². The normalized spacial score (nSPS) is 14.7. The Morgan fingerprint density at radius 2 is 1.88 bits per heavy atom. The number of nitrogens with zero attached hydrogens (tertiary/aromatic N) is 3. The highest BCUT2D eigenvalue weighted by Crippen LogP contribution is 2.35. The number of methoxy groups -OCH3 is 1. The van der Waals surface area contributed by atoms with E-state index >= 15 is 0 Å². The van der Waals surface area contributed by atoms with E-state index in [1.54, 1.807) is 7.11 Å². The molecule has 0 spiro atoms. The van der Waals surface area contributed by atoms with E-state index in [9.17, 15) is 4.79 Å². The second-order valence-corrected chi connectivity index (χ2v) is 8.66. The van der Waals surface area contributed by atoms with Gasteiger partial charge in [0.05, 0.1) is 25.3 Å². The molecule has 0 unspecified atom stereocenters. The number of rotatable bonds is 10. The molecule has 0 aliphatic carbocycles. The Bertz CT molecular complexity index is 1110. The largest absolute Gasteiger partial charge is 0.493 e. The molecule has 1 fully saturated rings. The van der Waals surface area contributed by atoms with Gasteiger partial charge in [0.2, 0.25) is 5.91 Å². The first kappa shape index (κ1) is 23.8. The highest BCUT2D eigenvalue weighted by molar-refractivity contribution is 5.93. The standard InChI is InChI=1S/C26H33N5O3/c1-18(29-19(2)32)20-7-9-21(10-8-20)30-26-22-15-25(24(33-3)16-23(22)27-17-28-26)34-14-6-13-31-11-4-5-12-31/h7-10,15-18H,4-6,11-14H2,1-3H3,(H,29,32)(H,27,28,30)/t18-/m1/s1. The van der Waals surface area contributed by atoms with E-state index in [1.165, 1.54) is 39.2 Å². The fourth-order valence-corrected chi connectivity index (χ4v) is 4.29. The van der Waals surface area contributed by atoms with Crippen molar-refractivity contribution in [3.8, 4) is 11.5 Å². The van der Waals surface area contributed by atoms with E-state index in [0.717, 1.165) is 35.1 Å². The average Bonchev–Trinajstić information content (AvgIpc) is 3.35. The first-order chi connectivity index (χ1) is 16.5. The molecule has 4 rings (SSSR count). The Hall–Kier alpha value is -3.39. The molecule has 0 radical (unpaired) electrons. The molecule has 2 N–H and O–H groups in total. The van der Waals surface area contributed by atoms with Gasteiger partial charge in [-0.15, -0.1) is 0 Å². The molecule has 1 atom stereocenters. The SMILES string of the molecule is COc1cc2ncnc(Nc3ccc([C@@H](C)NC(C)=O)cc3)c2cc1OCCCN1CCCC1. The Morgan fingerprint density at radius 3 is 2.59 bits per heavy atom. The van der Waals surface area contributed by atoms with Crippen molar-refractivity contribution in [3.63, 3.8) is 0 Å². The zero-order chi connectivity index (χ0) is 23.9. The number of ether oxygens (including phenoxy) is 2. The summed E-state index contributed by atoms with van der Waals surface area (Å²) in [5.74, 6) is 1.99. The molecular weight excluding hydrogens is 430 g/mol. The molecule has 8 nitrogen and oxygen atoms in total. The summed E-state index contributed by atoms with van der Waals surface area (Å²) in [5.41, 5.74) is 2.69. The maximum atomic E-state index is 11.3. The molecule has 8 heteroatoms. The Balaban J connectivity index is 1.48. The van der Waals surface area contributed by atoms with Gasteiger partial charge in [-0.25, -0.2) is 9.97 Å². The number of carbonyl (C=O) groups excluding carboxylic acids is 1. The van der Waals surface area contributed by atoms with E-state index in [0.29, 0.717) is 23.9 Å². The van der Waals surface area contributed by atoms with Crippen LogP contribution in [0.5, 0.6) is 11.5 Å². The van der Waals surface area contributed by atoms with E-state index in [4.69, 9.17) is 9.47 Å². The molecule has 1 aliphatic heterocycles. The molecule has 1 saturated heterocycles. The number of anilines is 2. The Kier molecular flexibility index (Phi) is 7.80. The number of hydrogen-bond acceptors (Lipinski definition) is 7. The first-order valence-corrected chi connectivity index (χ1v) is 11.9. The Labute approximate surface area is 200 Å². The Morgan fingerprint density at radius 1 is 1.12 bits per heavy atom. The van der Waals surface area contributed by atoms with E-state index in [-0.39, 0.29) is 11.9 Å². The maximum absolute atomic E-state index is 11.3. The lowest BCUT2D eigenvalue weighted by Crippen LogP contribution is -2.23. The third-order valence-corrected chi connectivity index (χ3v) is 6.09. The van der Waals surface area contributed by atoms with Crippen molar-refractivity contribution in [2.75, 3.05) is 38.7 Å². The van der Waals surface area contributed by atoms with Gasteiger partial charge < -0.3 is 25.0 Å². The van der Waals surface area contributed by atoms with E-state index in [2.05, 4.69) is 25.5 Å². The summed E-state index contributed by atoms with van der Waals surface area (Å²) in [6.07, 6.45) is 5.10. The molecule has 3 aromatic rings. The minimum absolute atomic E-state index is 0.0494. The topological polar surface area (TPSA) is 88.6 Å². The van der Waals surface area contributed by atoms with E-state index in [1.807, 2.05) is 43.3 Å². The fourth-order valence-electron chi connectivity index (χ4n) is 4.29. The predicted molar refractivity (Wildman–Crippen MR) is 134 cm³/mol. The summed E-state index contributed by atoms with van der Waals surface area (Å²) in [7, 11) is 1.64. The molecule has 180 valence electrons. The zero-order valence-corrected chi connectivity index (χ0v) is 20.1. The monoisotopic (exact) mass is 463 g/mol. The van der Waals surface area contributed by atoms with Crippen LogP contribution in [-0.2, 0) is 4.79 Å². The summed E-state index contributed by atoms with van der Waals surface area (Å²) >= 11 is 0. The minimum Gasteiger partial charge on any atom is -0.493 e. The number of hydrogen-bond donors (Lipinski definition) is 2. The van der Waals surface area contributed by atoms with Crippen molar-refractivity contribution in [3.05, 3.63) is 48.3 Å². The van der Waals surface area contributed by atoms with Crippen molar-refractivity contribution in [1.29, 1.82) is 0 Å². The summed E-state index contributed by atoms with van der Waals surface area (Å²) in [5, 5.41) is 7.13. The molecule has 2 heterocycles. The second kappa shape index (κ2) is 11.2. The molecule has 0 saturated carbocycles. The van der Waals surface area contributed by atoms with Gasteiger partial charge in [0.1, 0.15) is 12.1 Å². The molecule has 1 amide bonds. The van der Waals surface area contributed by atoms with E-state index < -0.39 is 0 Å². The lowest BCUT2D eigenvalue weighted by atomic mass is 10.1. The molecule has 2 aromatic carbocycles. The third-order valence-electron chi connectivity index (χ3n) is 6.09. The number of fused-ring (bicyclic) bond motifs is 1. The number of aromatic nitrogens is 2. The summed E-state index contributed by atoms with van der Waals surface area (Å²) in [6.45, 7) is 7.55. The van der Waals surface area contributed by atoms with Gasteiger partial charge in [-0.2, -0.15) is 0 Å². The van der Waals surface area contributed by atoms with Gasteiger partial charge in [-0.1, -0.05) is 12.1 Å². The smallest absolute Gasteiger partial charge is 0.217 e. The van der Waals surface area contributed by atoms with Crippen molar-refractivity contribution in [2.24, 2.45) is 0 Å². The molecule has 0 bridgehead atoms. The second-order valence-electron chi connectivity index (χ2n) is 8.66. The maximum Gasteiger partial charge on any atom is 0.217 e. The number of carbonyl (C=O) groups is 1. The van der Waals surface area contributed by atoms with Crippen LogP contribution in [0.1, 0.15) is 44.7 Å². The van der Waals surface area contributed by atoms with Crippen molar-refractivity contribution >= 4 is 28.3 Å². The van der Waals surface area contributed by atoms with Crippen LogP contribution < -0.4 is 20.1 Å². The van der Waals surface area contributed by atoms with Gasteiger partial charge >= 0.3 is 0 Å². The van der Waals surface area contributed by atoms with Gasteiger partial charge in [-0.05, 0) is 63.0 Å². The van der Waals surface area contributed by atoms with Gasteiger partial charge in [0.15, 0.2) is 11.5 Å². The van der Waals surface area contributed by atoms with Gasteiger partial charge in [-0.3, -0.25) is 4.79 Å². The third kappa shape index (κ3) is 5.94. The zero-order valence-electron chi connectivity index (χ0n) is 20.1. The molecule has 34 heavy (non-hydrogen) atoms. The molecular formula is C26H33N5O3. The predicted octanol–water partition coefficient (Wildman–Crippen LogP) is 4.44. The van der Waals surface area contributed by atoms with Crippen LogP contribution in [0.3, 0.4) is 0 Å². The minimum atomic E-state index is -0.0518. The number of amides is 1. The summed E-state index contributed by atoms with van der Waals surface area (Å²) in [4.78, 5) is 22.7. The quantitative estimate of drug-likeness (QED) is 0.430. The average molecular weight is 464 g/mol. The van der Waals surface area contributed by atoms with Crippen molar-refractivity contribution < 1.29 is 14.3 Å². The number of likely N-dealkylation sites (tertiary alicyclic amines) is 1. The number of nitrogens with one attached hydrogen (secondary N) is 2. The van der Waals surface area contributed by atoms with Gasteiger partial charge in [0.25, 0.3) is 0 Å². The summed E-state index contributed by atoms with van der Waals surface area (Å²) < 4.78 is 11.7. The van der Waals surface area contributed by atoms with Crippen LogP contribution in [0.15, 0.2) is 42.7 Å². The summed E-state index contributed by atoms with van der Waals surface area (Å²) in [6, 6.07) is 11.7. The lowest BCUT2D eigenvalue weighted by Gasteiger charge is -2.16. The fraction of sp³-hybridized carbons (Fsp3) is 0.423. The van der Waals surface area contributed by atoms with Crippen LogP contribution in [0.4, 0.5) is 11.5 Å². The first-order valence-electron chi connectivity index (χ1n) is 11.9. The van der Waals surface area contributed by atoms with Crippen LogP contribution in [0.25, 0.3) is 10.9 Å². The highest BCUT2D eigenvalue weighted by atomic mass is 16.5. The highest BCUT2D eigenvalue weighted by Gasteiger charge is 2.14. The van der Waals surface area contributed by atoms with Gasteiger partial charge in [0, 0.05) is 30.6 Å². The van der Waals surface area contributed by atoms with Crippen LogP contribution in [0, 0.1) is 0 Å². The number of benzene rings is 2. The lowest BCUT2D eigenvalue weighted by molar-refractivity contribution is -0.119. The molecule has 1 aromatic heterocycles. The van der Waals surface area contributed by atoms with Crippen molar-refractivity contribution in [2.45, 2.75) is 39.2 Å². The molecule has 1 aliphatic rings.